The van der Waals surface area contributed by atoms with Gasteiger partial charge in [0, 0.05) is 31.7 Å². The van der Waals surface area contributed by atoms with Crippen molar-refractivity contribution in [3.05, 3.63) is 11.6 Å². The lowest BCUT2D eigenvalue weighted by molar-refractivity contribution is 0.0928. The predicted molar refractivity (Wildman–Crippen MR) is 62.6 cm³/mol. The van der Waals surface area contributed by atoms with E-state index in [1.807, 2.05) is 0 Å². The molecule has 0 spiro atoms. The Bertz CT molecular complexity index is 202. The van der Waals surface area contributed by atoms with Gasteiger partial charge in [0.05, 0.1) is 0 Å². The number of nitrogens with one attached hydrogen (secondary N) is 1. The maximum absolute atomic E-state index is 3.45. The van der Waals surface area contributed by atoms with Crippen LogP contribution in [-0.4, -0.2) is 36.6 Å². The van der Waals surface area contributed by atoms with E-state index in [1.165, 1.54) is 25.1 Å². The fourth-order valence-corrected chi connectivity index (χ4v) is 1.95. The predicted octanol–water partition coefficient (Wildman–Crippen LogP) is 2.03. The summed E-state index contributed by atoms with van der Waals surface area (Å²) in [6.07, 6.45) is 3.52. The van der Waals surface area contributed by atoms with Crippen molar-refractivity contribution in [1.29, 1.82) is 0 Å². The highest BCUT2D eigenvalue weighted by atomic mass is 15.2. The van der Waals surface area contributed by atoms with Crippen molar-refractivity contribution in [1.82, 2.24) is 10.2 Å². The molecule has 1 saturated heterocycles. The average Bonchev–Trinajstić information content (AvgIpc) is 2.07. The number of nitrogens with zero attached hydrogens (tertiary/aromatic N) is 1. The zero-order chi connectivity index (χ0) is 10.6. The molecule has 0 aromatic heterocycles. The highest BCUT2D eigenvalue weighted by molar-refractivity contribution is 4.95. The summed E-state index contributed by atoms with van der Waals surface area (Å²) < 4.78 is 0. The second-order valence-electron chi connectivity index (χ2n) is 5.05. The SMILES string of the molecule is CC(C)=CCCN1CCNCC1(C)C. The Morgan fingerprint density at radius 1 is 1.43 bits per heavy atom. The van der Waals surface area contributed by atoms with E-state index in [-0.39, 0.29) is 0 Å². The molecule has 1 N–H and O–H groups in total. The smallest absolute Gasteiger partial charge is 0.0278 e. The Hall–Kier alpha value is -0.340. The first kappa shape index (κ1) is 11.7. The van der Waals surface area contributed by atoms with Gasteiger partial charge < -0.3 is 5.32 Å². The third kappa shape index (κ3) is 3.43. The van der Waals surface area contributed by atoms with Crippen LogP contribution < -0.4 is 5.32 Å². The Kier molecular flexibility index (Phi) is 4.14. The van der Waals surface area contributed by atoms with E-state index in [9.17, 15) is 0 Å². The van der Waals surface area contributed by atoms with Crippen LogP contribution in [0.1, 0.15) is 34.1 Å². The molecule has 1 heterocycles. The first-order chi connectivity index (χ1) is 6.52. The van der Waals surface area contributed by atoms with Crippen molar-refractivity contribution in [3.8, 4) is 0 Å². The molecular weight excluding hydrogens is 172 g/mol. The maximum atomic E-state index is 3.45. The summed E-state index contributed by atoms with van der Waals surface area (Å²) >= 11 is 0. The van der Waals surface area contributed by atoms with Gasteiger partial charge in [0.1, 0.15) is 0 Å². The molecular formula is C12H24N2. The molecule has 2 nitrogen and oxygen atoms in total. The molecule has 0 atom stereocenters. The standard InChI is InChI=1S/C12H24N2/c1-11(2)6-5-8-14-9-7-13-10-12(14,3)4/h6,13H,5,7-10H2,1-4H3. The van der Waals surface area contributed by atoms with Crippen LogP contribution in [0.5, 0.6) is 0 Å². The van der Waals surface area contributed by atoms with Gasteiger partial charge in [0.25, 0.3) is 0 Å². The maximum Gasteiger partial charge on any atom is 0.0278 e. The molecule has 0 aromatic rings. The number of allylic oxidation sites excluding steroid dienone is 1. The van der Waals surface area contributed by atoms with Gasteiger partial charge in [-0.1, -0.05) is 11.6 Å². The van der Waals surface area contributed by atoms with Crippen molar-refractivity contribution < 1.29 is 0 Å². The van der Waals surface area contributed by atoms with Crippen LogP contribution in [0.2, 0.25) is 0 Å². The summed E-state index contributed by atoms with van der Waals surface area (Å²) in [7, 11) is 0. The van der Waals surface area contributed by atoms with E-state index in [1.54, 1.807) is 0 Å². The van der Waals surface area contributed by atoms with Crippen LogP contribution in [0.4, 0.5) is 0 Å². The Balaban J connectivity index is 2.38. The minimum Gasteiger partial charge on any atom is -0.314 e. The Labute approximate surface area is 88.4 Å². The lowest BCUT2D eigenvalue weighted by atomic mass is 10.00. The zero-order valence-corrected chi connectivity index (χ0v) is 10.1. The summed E-state index contributed by atoms with van der Waals surface area (Å²) in [6, 6.07) is 0. The molecule has 1 fully saturated rings. The molecule has 14 heavy (non-hydrogen) atoms. The molecule has 0 amide bonds. The molecule has 0 unspecified atom stereocenters. The second-order valence-corrected chi connectivity index (χ2v) is 5.05. The van der Waals surface area contributed by atoms with Gasteiger partial charge in [-0.05, 0) is 34.1 Å². The van der Waals surface area contributed by atoms with E-state index in [2.05, 4.69) is 44.0 Å². The van der Waals surface area contributed by atoms with Gasteiger partial charge in [0.15, 0.2) is 0 Å². The minimum absolute atomic E-state index is 0.327. The normalized spacial score (nSPS) is 22.0. The number of rotatable bonds is 3. The molecule has 1 aliphatic heterocycles. The van der Waals surface area contributed by atoms with Gasteiger partial charge in [-0.3, -0.25) is 4.90 Å². The quantitative estimate of drug-likeness (QED) is 0.695. The third-order valence-corrected chi connectivity index (χ3v) is 2.92. The van der Waals surface area contributed by atoms with Gasteiger partial charge in [-0.25, -0.2) is 0 Å². The topological polar surface area (TPSA) is 15.3 Å². The lowest BCUT2D eigenvalue weighted by Crippen LogP contribution is -2.57. The van der Waals surface area contributed by atoms with Crippen LogP contribution in [0.15, 0.2) is 11.6 Å². The lowest BCUT2D eigenvalue weighted by Gasteiger charge is -2.42. The van der Waals surface area contributed by atoms with Crippen molar-refractivity contribution in [2.24, 2.45) is 0 Å². The summed E-state index contributed by atoms with van der Waals surface area (Å²) in [5, 5.41) is 3.45. The number of hydrogen-bond acceptors (Lipinski definition) is 2. The molecule has 0 bridgehead atoms. The molecule has 0 saturated carbocycles. The van der Waals surface area contributed by atoms with Gasteiger partial charge in [0.2, 0.25) is 0 Å². The van der Waals surface area contributed by atoms with Gasteiger partial charge >= 0.3 is 0 Å². The van der Waals surface area contributed by atoms with Crippen molar-refractivity contribution >= 4 is 0 Å². The van der Waals surface area contributed by atoms with Crippen molar-refractivity contribution in [3.63, 3.8) is 0 Å². The Morgan fingerprint density at radius 3 is 2.71 bits per heavy atom. The van der Waals surface area contributed by atoms with E-state index in [0.29, 0.717) is 5.54 Å². The molecule has 1 aliphatic rings. The molecule has 1 rings (SSSR count). The van der Waals surface area contributed by atoms with Crippen LogP contribution in [0.25, 0.3) is 0 Å². The highest BCUT2D eigenvalue weighted by Crippen LogP contribution is 2.16. The van der Waals surface area contributed by atoms with Crippen LogP contribution >= 0.6 is 0 Å². The molecule has 0 aromatic carbocycles. The van der Waals surface area contributed by atoms with Gasteiger partial charge in [-0.15, -0.1) is 0 Å². The molecule has 0 aliphatic carbocycles. The van der Waals surface area contributed by atoms with Crippen LogP contribution in [0.3, 0.4) is 0 Å². The summed E-state index contributed by atoms with van der Waals surface area (Å²) in [4.78, 5) is 2.59. The minimum atomic E-state index is 0.327. The van der Waals surface area contributed by atoms with Gasteiger partial charge in [-0.2, -0.15) is 0 Å². The highest BCUT2D eigenvalue weighted by Gasteiger charge is 2.28. The van der Waals surface area contributed by atoms with E-state index < -0.39 is 0 Å². The Morgan fingerprint density at radius 2 is 2.14 bits per heavy atom. The molecule has 2 heteroatoms. The van der Waals surface area contributed by atoms with E-state index >= 15 is 0 Å². The monoisotopic (exact) mass is 196 g/mol. The first-order valence-corrected chi connectivity index (χ1v) is 5.61. The summed E-state index contributed by atoms with van der Waals surface area (Å²) in [5.41, 5.74) is 1.76. The van der Waals surface area contributed by atoms with Crippen LogP contribution in [0, 0.1) is 0 Å². The van der Waals surface area contributed by atoms with E-state index in [4.69, 9.17) is 0 Å². The second kappa shape index (κ2) is 4.94. The first-order valence-electron chi connectivity index (χ1n) is 5.61. The molecule has 0 radical (unpaired) electrons. The van der Waals surface area contributed by atoms with E-state index in [0.717, 1.165) is 13.1 Å². The summed E-state index contributed by atoms with van der Waals surface area (Å²) in [5.74, 6) is 0. The number of hydrogen-bond donors (Lipinski definition) is 1. The van der Waals surface area contributed by atoms with Crippen LogP contribution in [-0.2, 0) is 0 Å². The third-order valence-electron chi connectivity index (χ3n) is 2.92. The van der Waals surface area contributed by atoms with Crippen molar-refractivity contribution in [2.75, 3.05) is 26.2 Å². The summed E-state index contributed by atoms with van der Waals surface area (Å²) in [6.45, 7) is 13.6. The zero-order valence-electron chi connectivity index (χ0n) is 10.1. The fraction of sp³-hybridized carbons (Fsp3) is 0.833. The van der Waals surface area contributed by atoms with Crippen molar-refractivity contribution in [2.45, 2.75) is 39.7 Å². The largest absolute Gasteiger partial charge is 0.314 e. The number of piperazine rings is 1. The fourth-order valence-electron chi connectivity index (χ4n) is 1.95. The molecule has 82 valence electrons. The average molecular weight is 196 g/mol.